The molecule has 0 spiro atoms. The predicted molar refractivity (Wildman–Crippen MR) is 107 cm³/mol. The monoisotopic (exact) mass is 381 g/mol. The Bertz CT molecular complexity index is 993. The van der Waals surface area contributed by atoms with Crippen LogP contribution in [-0.2, 0) is 6.54 Å². The van der Waals surface area contributed by atoms with Crippen LogP contribution in [0.5, 0.6) is 5.75 Å². The van der Waals surface area contributed by atoms with Gasteiger partial charge in [-0.25, -0.2) is 4.98 Å². The maximum atomic E-state index is 11.3. The second-order valence-electron chi connectivity index (χ2n) is 6.86. The fraction of sp³-hybridized carbons (Fsp3) is 0.350. The van der Waals surface area contributed by atoms with E-state index in [0.717, 1.165) is 55.3 Å². The highest BCUT2D eigenvalue weighted by Gasteiger charge is 2.21. The van der Waals surface area contributed by atoms with E-state index in [2.05, 4.69) is 10.2 Å². The molecule has 0 atom stereocenters. The molecule has 8 nitrogen and oxygen atoms in total. The van der Waals surface area contributed by atoms with Gasteiger partial charge in [-0.15, -0.1) is 0 Å². The molecule has 1 aliphatic heterocycles. The Morgan fingerprint density at radius 1 is 1.21 bits per heavy atom. The highest BCUT2D eigenvalue weighted by molar-refractivity contribution is 5.72. The summed E-state index contributed by atoms with van der Waals surface area (Å²) in [5, 5.41) is 14.7. The largest absolute Gasteiger partial charge is 0.496 e. The minimum absolute atomic E-state index is 0.0512. The van der Waals surface area contributed by atoms with Crippen LogP contribution in [0.1, 0.15) is 12.1 Å². The molecular weight excluding hydrogens is 358 g/mol. The van der Waals surface area contributed by atoms with E-state index in [9.17, 15) is 10.1 Å². The smallest absolute Gasteiger partial charge is 0.286 e. The molecule has 0 saturated carbocycles. The summed E-state index contributed by atoms with van der Waals surface area (Å²) in [4.78, 5) is 18.1. The van der Waals surface area contributed by atoms with Crippen molar-refractivity contribution >= 4 is 11.3 Å². The van der Waals surface area contributed by atoms with Crippen molar-refractivity contribution in [3.8, 4) is 17.0 Å². The molecule has 3 aromatic rings. The van der Waals surface area contributed by atoms with Crippen LogP contribution in [0.3, 0.4) is 0 Å². The molecule has 0 unspecified atom stereocenters. The molecule has 8 heteroatoms. The van der Waals surface area contributed by atoms with Gasteiger partial charge in [-0.1, -0.05) is 12.1 Å². The SMILES string of the molecule is COc1ccccc1-c1nc2ccc([N+](=O)[O-])cn2c1CN1CCCNCC1. The topological polar surface area (TPSA) is 84.9 Å². The molecule has 146 valence electrons. The van der Waals surface area contributed by atoms with E-state index < -0.39 is 0 Å². The number of nitrogens with one attached hydrogen (secondary N) is 1. The molecule has 1 saturated heterocycles. The summed E-state index contributed by atoms with van der Waals surface area (Å²) in [7, 11) is 1.64. The number of ether oxygens (including phenoxy) is 1. The Kier molecular flexibility index (Phi) is 5.23. The van der Waals surface area contributed by atoms with Crippen molar-refractivity contribution in [2.24, 2.45) is 0 Å². The van der Waals surface area contributed by atoms with Gasteiger partial charge in [0, 0.05) is 31.3 Å². The Balaban J connectivity index is 1.86. The second kappa shape index (κ2) is 7.95. The van der Waals surface area contributed by atoms with Gasteiger partial charge in [-0.05, 0) is 37.7 Å². The number of imidazole rings is 1. The summed E-state index contributed by atoms with van der Waals surface area (Å²) in [6.45, 7) is 4.50. The summed E-state index contributed by atoms with van der Waals surface area (Å²) >= 11 is 0. The van der Waals surface area contributed by atoms with Gasteiger partial charge in [0.05, 0.1) is 29.6 Å². The normalized spacial score (nSPS) is 15.5. The first-order valence-corrected chi connectivity index (χ1v) is 9.39. The number of pyridine rings is 1. The molecule has 1 aliphatic rings. The van der Waals surface area contributed by atoms with Crippen molar-refractivity contribution in [2.75, 3.05) is 33.3 Å². The average Bonchev–Trinajstić information content (AvgIpc) is 2.87. The van der Waals surface area contributed by atoms with Crippen molar-refractivity contribution < 1.29 is 9.66 Å². The third-order valence-electron chi connectivity index (χ3n) is 5.08. The van der Waals surface area contributed by atoms with Gasteiger partial charge in [0.1, 0.15) is 11.4 Å². The molecule has 2 aromatic heterocycles. The maximum Gasteiger partial charge on any atom is 0.286 e. The Morgan fingerprint density at radius 2 is 2.07 bits per heavy atom. The lowest BCUT2D eigenvalue weighted by Crippen LogP contribution is -2.28. The van der Waals surface area contributed by atoms with Gasteiger partial charge in [0.2, 0.25) is 0 Å². The summed E-state index contributed by atoms with van der Waals surface area (Å²) in [6.07, 6.45) is 2.63. The average molecular weight is 381 g/mol. The van der Waals surface area contributed by atoms with E-state index >= 15 is 0 Å². The van der Waals surface area contributed by atoms with E-state index in [-0.39, 0.29) is 10.6 Å². The zero-order valence-corrected chi connectivity index (χ0v) is 15.8. The fourth-order valence-corrected chi connectivity index (χ4v) is 3.67. The van der Waals surface area contributed by atoms with Crippen molar-refractivity contribution in [1.82, 2.24) is 19.6 Å². The summed E-state index contributed by atoms with van der Waals surface area (Å²) in [5.74, 6) is 0.735. The number of nitrogens with zero attached hydrogens (tertiary/aromatic N) is 4. The van der Waals surface area contributed by atoms with Gasteiger partial charge in [0.15, 0.2) is 0 Å². The molecule has 3 heterocycles. The zero-order valence-electron chi connectivity index (χ0n) is 15.8. The van der Waals surface area contributed by atoms with Crippen molar-refractivity contribution in [3.63, 3.8) is 0 Å². The highest BCUT2D eigenvalue weighted by Crippen LogP contribution is 2.33. The number of para-hydroxylation sites is 1. The molecule has 1 N–H and O–H groups in total. The van der Waals surface area contributed by atoms with E-state index in [4.69, 9.17) is 9.72 Å². The van der Waals surface area contributed by atoms with Gasteiger partial charge in [-0.3, -0.25) is 19.4 Å². The van der Waals surface area contributed by atoms with Crippen LogP contribution in [0, 0.1) is 10.1 Å². The lowest BCUT2D eigenvalue weighted by Gasteiger charge is -2.20. The first-order valence-electron chi connectivity index (χ1n) is 9.39. The van der Waals surface area contributed by atoms with E-state index in [1.165, 1.54) is 6.07 Å². The van der Waals surface area contributed by atoms with Crippen LogP contribution in [0.25, 0.3) is 16.9 Å². The molecule has 0 aliphatic carbocycles. The number of fused-ring (bicyclic) bond motifs is 1. The second-order valence-corrected chi connectivity index (χ2v) is 6.86. The quantitative estimate of drug-likeness (QED) is 0.540. The van der Waals surface area contributed by atoms with Crippen LogP contribution >= 0.6 is 0 Å². The molecular formula is C20H23N5O3. The first-order chi connectivity index (χ1) is 13.7. The zero-order chi connectivity index (χ0) is 19.5. The van der Waals surface area contributed by atoms with E-state index in [0.29, 0.717) is 12.2 Å². The van der Waals surface area contributed by atoms with Gasteiger partial charge >= 0.3 is 0 Å². The number of aromatic nitrogens is 2. The summed E-state index contributed by atoms with van der Waals surface area (Å²) < 4.78 is 7.39. The third kappa shape index (κ3) is 3.56. The van der Waals surface area contributed by atoms with Crippen LogP contribution < -0.4 is 10.1 Å². The third-order valence-corrected chi connectivity index (χ3v) is 5.08. The Labute approximate surface area is 162 Å². The molecule has 1 fully saturated rings. The molecule has 4 rings (SSSR count). The molecule has 28 heavy (non-hydrogen) atoms. The minimum atomic E-state index is -0.373. The number of hydrogen-bond acceptors (Lipinski definition) is 6. The Morgan fingerprint density at radius 3 is 2.89 bits per heavy atom. The molecule has 0 amide bonds. The number of rotatable bonds is 5. The predicted octanol–water partition coefficient (Wildman–Crippen LogP) is 2.71. The molecule has 1 aromatic carbocycles. The maximum absolute atomic E-state index is 11.3. The van der Waals surface area contributed by atoms with Crippen LogP contribution in [0.15, 0.2) is 42.6 Å². The van der Waals surface area contributed by atoms with Crippen LogP contribution in [0.2, 0.25) is 0 Å². The first kappa shape index (κ1) is 18.4. The lowest BCUT2D eigenvalue weighted by molar-refractivity contribution is -0.385. The minimum Gasteiger partial charge on any atom is -0.496 e. The number of hydrogen-bond donors (Lipinski definition) is 1. The van der Waals surface area contributed by atoms with Crippen molar-refractivity contribution in [2.45, 2.75) is 13.0 Å². The lowest BCUT2D eigenvalue weighted by atomic mass is 10.1. The van der Waals surface area contributed by atoms with Crippen molar-refractivity contribution in [3.05, 3.63) is 58.4 Å². The Hall–Kier alpha value is -2.97. The van der Waals surface area contributed by atoms with Gasteiger partial charge in [0.25, 0.3) is 5.69 Å². The number of nitro groups is 1. The molecule has 0 bridgehead atoms. The van der Waals surface area contributed by atoms with E-state index in [1.54, 1.807) is 19.4 Å². The molecule has 0 radical (unpaired) electrons. The standard InChI is InChI=1S/C20H23N5O3/c1-28-18-6-3-2-5-16(18)20-17(14-23-11-4-9-21-10-12-23)24-13-15(25(26)27)7-8-19(24)22-20/h2-3,5-8,13,21H,4,9-12,14H2,1H3. The number of methoxy groups -OCH3 is 1. The van der Waals surface area contributed by atoms with E-state index in [1.807, 2.05) is 28.7 Å². The van der Waals surface area contributed by atoms with Gasteiger partial charge in [-0.2, -0.15) is 0 Å². The summed E-state index contributed by atoms with van der Waals surface area (Å²) in [6, 6.07) is 10.9. The fourth-order valence-electron chi connectivity index (χ4n) is 3.67. The van der Waals surface area contributed by atoms with Crippen LogP contribution in [0.4, 0.5) is 5.69 Å². The number of benzene rings is 1. The van der Waals surface area contributed by atoms with Crippen molar-refractivity contribution in [1.29, 1.82) is 0 Å². The van der Waals surface area contributed by atoms with Gasteiger partial charge < -0.3 is 10.1 Å². The van der Waals surface area contributed by atoms with Crippen LogP contribution in [-0.4, -0.2) is 52.5 Å². The summed E-state index contributed by atoms with van der Waals surface area (Å²) in [5.41, 5.74) is 3.37. The highest BCUT2D eigenvalue weighted by atomic mass is 16.6.